The van der Waals surface area contributed by atoms with Gasteiger partial charge in [-0.25, -0.2) is 4.39 Å². The number of likely N-dealkylation sites (tertiary alicyclic amines) is 1. The minimum absolute atomic E-state index is 0.0899. The van der Waals surface area contributed by atoms with Crippen LogP contribution in [0.4, 0.5) is 4.39 Å². The Bertz CT molecular complexity index is 804. The summed E-state index contributed by atoms with van der Waals surface area (Å²) in [4.78, 5) is 15.6. The predicted molar refractivity (Wildman–Crippen MR) is 119 cm³/mol. The van der Waals surface area contributed by atoms with E-state index in [1.54, 1.807) is 35.7 Å². The Hall–Kier alpha value is -1.83. The van der Waals surface area contributed by atoms with E-state index in [1.165, 1.54) is 48.6 Å². The fourth-order valence-corrected chi connectivity index (χ4v) is 4.74. The number of nitrogens with zero attached hydrogens (tertiary/aromatic N) is 1. The van der Waals surface area contributed by atoms with Gasteiger partial charge in [0.15, 0.2) is 0 Å². The molecule has 1 fully saturated rings. The molecule has 2 aromatic rings. The van der Waals surface area contributed by atoms with Gasteiger partial charge in [-0.05, 0) is 49.8 Å². The number of rotatable bonds is 11. The summed E-state index contributed by atoms with van der Waals surface area (Å²) in [6, 6.07) is 8.76. The third-order valence-electron chi connectivity index (χ3n) is 4.57. The van der Waals surface area contributed by atoms with Crippen molar-refractivity contribution >= 4 is 29.0 Å². The topological polar surface area (TPSA) is 41.6 Å². The molecule has 2 heterocycles. The number of carbonyl (C=O) groups excluding carboxylic acids is 1. The highest BCUT2D eigenvalue weighted by atomic mass is 32.2. The molecule has 156 valence electrons. The molecule has 0 radical (unpaired) electrons. The zero-order valence-electron chi connectivity index (χ0n) is 16.4. The van der Waals surface area contributed by atoms with Crippen LogP contribution in [0.2, 0.25) is 0 Å². The number of ether oxygens (including phenoxy) is 1. The third-order valence-corrected chi connectivity index (χ3v) is 6.45. The number of thioether (sulfide) groups is 1. The summed E-state index contributed by atoms with van der Waals surface area (Å²) in [6.45, 7) is 4.00. The van der Waals surface area contributed by atoms with Gasteiger partial charge in [-0.2, -0.15) is 0 Å². The summed E-state index contributed by atoms with van der Waals surface area (Å²) < 4.78 is 19.3. The van der Waals surface area contributed by atoms with Crippen LogP contribution in [0.5, 0.6) is 5.75 Å². The van der Waals surface area contributed by atoms with E-state index in [-0.39, 0.29) is 11.7 Å². The third kappa shape index (κ3) is 7.84. The van der Waals surface area contributed by atoms with E-state index in [2.05, 4.69) is 21.7 Å². The molecule has 0 aliphatic carbocycles. The van der Waals surface area contributed by atoms with Crippen molar-refractivity contribution in [2.75, 3.05) is 25.4 Å². The highest BCUT2D eigenvalue weighted by molar-refractivity contribution is 7.99. The van der Waals surface area contributed by atoms with E-state index in [0.717, 1.165) is 18.7 Å². The van der Waals surface area contributed by atoms with Crippen molar-refractivity contribution in [1.29, 1.82) is 0 Å². The molecule has 1 N–H and O–H groups in total. The van der Waals surface area contributed by atoms with Crippen molar-refractivity contribution < 1.29 is 13.9 Å². The number of carbonyl (C=O) groups is 1. The molecule has 3 rings (SSSR count). The average molecular weight is 435 g/mol. The first-order valence-electron chi connectivity index (χ1n) is 9.89. The highest BCUT2D eigenvalue weighted by Gasteiger charge is 2.13. The van der Waals surface area contributed by atoms with Crippen LogP contribution in [0.25, 0.3) is 0 Å². The van der Waals surface area contributed by atoms with Crippen LogP contribution in [0.1, 0.15) is 29.7 Å². The minimum Gasteiger partial charge on any atom is -0.492 e. The Morgan fingerprint density at radius 1 is 1.31 bits per heavy atom. The summed E-state index contributed by atoms with van der Waals surface area (Å²) in [5.41, 5.74) is 0.620. The summed E-state index contributed by atoms with van der Waals surface area (Å²) in [6.07, 6.45) is 6.88. The van der Waals surface area contributed by atoms with Gasteiger partial charge >= 0.3 is 0 Å². The van der Waals surface area contributed by atoms with Gasteiger partial charge in [-0.3, -0.25) is 9.69 Å². The van der Waals surface area contributed by atoms with Crippen molar-refractivity contribution in [3.8, 4) is 5.75 Å². The molecule has 4 nitrogen and oxygen atoms in total. The highest BCUT2D eigenvalue weighted by Crippen LogP contribution is 2.24. The molecule has 29 heavy (non-hydrogen) atoms. The predicted octanol–water partition coefficient (Wildman–Crippen LogP) is 4.82. The van der Waals surface area contributed by atoms with Crippen LogP contribution < -0.4 is 10.1 Å². The molecule has 0 atom stereocenters. The second kappa shape index (κ2) is 12.0. The minimum atomic E-state index is -0.228. The standard InChI is InChI=1S/C22H27FN2O2S2/c23-21-8-2-1-7-18(21)15-28-17-22(26)24-9-3-6-12-27-19-13-20(29-16-19)14-25-10-4-5-11-25/h1-3,7-9,13,16H,4-6,10-12,14-15,17H2,(H,24,26)/b9-3-. The summed E-state index contributed by atoms with van der Waals surface area (Å²) >= 11 is 3.14. The first kappa shape index (κ1) is 21.9. The molecule has 1 saturated heterocycles. The quantitative estimate of drug-likeness (QED) is 0.515. The van der Waals surface area contributed by atoms with Gasteiger partial charge in [-0.15, -0.1) is 23.1 Å². The zero-order chi connectivity index (χ0) is 20.3. The van der Waals surface area contributed by atoms with Gasteiger partial charge in [0, 0.05) is 29.0 Å². The van der Waals surface area contributed by atoms with Crippen LogP contribution in [0.3, 0.4) is 0 Å². The Kier molecular flexibility index (Phi) is 9.05. The maximum absolute atomic E-state index is 13.5. The van der Waals surface area contributed by atoms with Crippen LogP contribution in [-0.2, 0) is 17.1 Å². The lowest BCUT2D eigenvalue weighted by Crippen LogP contribution is -2.19. The number of amides is 1. The molecule has 0 unspecified atom stereocenters. The smallest absolute Gasteiger partial charge is 0.233 e. The lowest BCUT2D eigenvalue weighted by atomic mass is 10.2. The van der Waals surface area contributed by atoms with Crippen LogP contribution in [0.15, 0.2) is 48.0 Å². The normalized spacial score (nSPS) is 14.5. The van der Waals surface area contributed by atoms with Crippen molar-refractivity contribution in [3.63, 3.8) is 0 Å². The van der Waals surface area contributed by atoms with E-state index >= 15 is 0 Å². The van der Waals surface area contributed by atoms with Crippen molar-refractivity contribution in [1.82, 2.24) is 10.2 Å². The molecule has 1 aromatic carbocycles. The molecule has 1 amide bonds. The monoisotopic (exact) mass is 434 g/mol. The summed E-state index contributed by atoms with van der Waals surface area (Å²) in [5, 5.41) is 4.79. The number of hydrogen-bond acceptors (Lipinski definition) is 5. The fourth-order valence-electron chi connectivity index (χ4n) is 3.07. The average Bonchev–Trinajstić information content (AvgIpc) is 3.38. The first-order chi connectivity index (χ1) is 14.2. The number of hydrogen-bond donors (Lipinski definition) is 1. The molecule has 0 saturated carbocycles. The number of benzene rings is 1. The van der Waals surface area contributed by atoms with Gasteiger partial charge in [0.2, 0.25) is 5.91 Å². The lowest BCUT2D eigenvalue weighted by Gasteiger charge is -2.12. The molecule has 1 aromatic heterocycles. The summed E-state index contributed by atoms with van der Waals surface area (Å²) in [5.74, 6) is 1.38. The Morgan fingerprint density at radius 3 is 2.97 bits per heavy atom. The summed E-state index contributed by atoms with van der Waals surface area (Å²) in [7, 11) is 0. The molecule has 1 aliphatic rings. The van der Waals surface area contributed by atoms with Crippen LogP contribution in [-0.4, -0.2) is 36.3 Å². The van der Waals surface area contributed by atoms with E-state index in [0.29, 0.717) is 23.7 Å². The van der Waals surface area contributed by atoms with E-state index in [9.17, 15) is 9.18 Å². The largest absolute Gasteiger partial charge is 0.492 e. The molecule has 7 heteroatoms. The molecule has 1 aliphatic heterocycles. The molecular formula is C22H27FN2O2S2. The second-order valence-electron chi connectivity index (χ2n) is 6.92. The first-order valence-corrected chi connectivity index (χ1v) is 11.9. The number of thiophene rings is 1. The van der Waals surface area contributed by atoms with E-state index in [1.807, 2.05) is 6.08 Å². The maximum atomic E-state index is 13.5. The Labute approximate surface area is 180 Å². The maximum Gasteiger partial charge on any atom is 0.233 e. The SMILES string of the molecule is O=C(CSCc1ccccc1F)N/C=C\CCOc1csc(CN2CCCC2)c1. The van der Waals surface area contributed by atoms with Gasteiger partial charge in [0.05, 0.1) is 12.4 Å². The molecular weight excluding hydrogens is 407 g/mol. The van der Waals surface area contributed by atoms with Crippen LogP contribution in [0, 0.1) is 5.82 Å². The van der Waals surface area contributed by atoms with Gasteiger partial charge < -0.3 is 10.1 Å². The number of nitrogens with one attached hydrogen (secondary N) is 1. The number of halogens is 1. The molecule has 0 spiro atoms. The van der Waals surface area contributed by atoms with Crippen LogP contribution >= 0.6 is 23.1 Å². The second-order valence-corrected chi connectivity index (χ2v) is 8.90. The Morgan fingerprint density at radius 2 is 2.14 bits per heavy atom. The van der Waals surface area contributed by atoms with Gasteiger partial charge in [0.25, 0.3) is 0 Å². The van der Waals surface area contributed by atoms with Crippen molar-refractivity contribution in [2.24, 2.45) is 0 Å². The van der Waals surface area contributed by atoms with Gasteiger partial charge in [0.1, 0.15) is 11.6 Å². The van der Waals surface area contributed by atoms with Crippen molar-refractivity contribution in [2.45, 2.75) is 31.6 Å². The van der Waals surface area contributed by atoms with E-state index < -0.39 is 0 Å². The zero-order valence-corrected chi connectivity index (χ0v) is 18.1. The van der Waals surface area contributed by atoms with Crippen molar-refractivity contribution in [3.05, 3.63) is 64.2 Å². The van der Waals surface area contributed by atoms with E-state index in [4.69, 9.17) is 4.74 Å². The lowest BCUT2D eigenvalue weighted by molar-refractivity contribution is -0.117. The molecule has 0 bridgehead atoms. The Balaban J connectivity index is 1.24. The fraction of sp³-hybridized carbons (Fsp3) is 0.409. The van der Waals surface area contributed by atoms with Gasteiger partial charge in [-0.1, -0.05) is 24.3 Å².